The summed E-state index contributed by atoms with van der Waals surface area (Å²) in [6, 6.07) is 13.2. The number of ether oxygens (including phenoxy) is 2. The number of benzene rings is 2. The Morgan fingerprint density at radius 2 is 1.97 bits per heavy atom. The minimum absolute atomic E-state index is 0.0358. The molecule has 0 spiro atoms. The topological polar surface area (TPSA) is 138 Å². The van der Waals surface area contributed by atoms with E-state index in [2.05, 4.69) is 20.4 Å². The molecule has 0 aliphatic carbocycles. The number of nitrogens with one attached hydrogen (secondary N) is 2. The SMILES string of the molecule is COc1cc(OC)c(F)c(C(Nc2ccc(C#N)cc2)c2nn(-c3ncccc3O)c(=O)[nH]2)c1. The minimum Gasteiger partial charge on any atom is -0.504 e. The Balaban J connectivity index is 1.87. The van der Waals surface area contributed by atoms with Gasteiger partial charge in [0.2, 0.25) is 5.82 Å². The normalized spacial score (nSPS) is 11.5. The van der Waals surface area contributed by atoms with Crippen molar-refractivity contribution in [2.45, 2.75) is 6.04 Å². The fraction of sp³-hybridized carbons (Fsp3) is 0.130. The molecule has 10 nitrogen and oxygen atoms in total. The molecule has 0 aliphatic heterocycles. The quantitative estimate of drug-likeness (QED) is 0.381. The lowest BCUT2D eigenvalue weighted by Crippen LogP contribution is -2.17. The standard InChI is InChI=1S/C23H19FN6O4/c1-33-15-10-16(19(24)18(11-15)34-2)20(27-14-7-5-13(12-25)6-8-14)21-28-23(32)30(29-21)22-17(31)4-3-9-26-22/h3-11,20,27,31H,1-2H3,(H,28,29,32). The highest BCUT2D eigenvalue weighted by molar-refractivity contribution is 5.52. The lowest BCUT2D eigenvalue weighted by molar-refractivity contribution is 0.370. The average molecular weight is 462 g/mol. The van der Waals surface area contributed by atoms with Crippen molar-refractivity contribution in [2.24, 2.45) is 0 Å². The van der Waals surface area contributed by atoms with Gasteiger partial charge in [-0.3, -0.25) is 4.98 Å². The molecule has 4 aromatic rings. The first-order chi connectivity index (χ1) is 16.4. The zero-order chi connectivity index (χ0) is 24.2. The smallest absolute Gasteiger partial charge is 0.349 e. The van der Waals surface area contributed by atoms with Crippen molar-refractivity contribution in [3.63, 3.8) is 0 Å². The molecule has 4 rings (SSSR count). The van der Waals surface area contributed by atoms with Crippen LogP contribution in [0.25, 0.3) is 5.82 Å². The van der Waals surface area contributed by atoms with Gasteiger partial charge < -0.3 is 19.9 Å². The summed E-state index contributed by atoms with van der Waals surface area (Å²) in [5, 5.41) is 26.5. The number of nitrogens with zero attached hydrogens (tertiary/aromatic N) is 4. The number of hydrogen-bond donors (Lipinski definition) is 3. The van der Waals surface area contributed by atoms with Crippen LogP contribution in [0.15, 0.2) is 59.5 Å². The molecule has 3 N–H and O–H groups in total. The van der Waals surface area contributed by atoms with E-state index in [1.165, 1.54) is 44.7 Å². The third kappa shape index (κ3) is 4.24. The lowest BCUT2D eigenvalue weighted by Gasteiger charge is -2.20. The molecule has 0 amide bonds. The molecule has 0 radical (unpaired) electrons. The van der Waals surface area contributed by atoms with Crippen LogP contribution in [0.5, 0.6) is 17.2 Å². The summed E-state index contributed by atoms with van der Waals surface area (Å²) in [6.07, 6.45) is 1.40. The highest BCUT2D eigenvalue weighted by Gasteiger charge is 2.27. The summed E-state index contributed by atoms with van der Waals surface area (Å²) in [5.41, 5.74) is 0.360. The molecule has 1 atom stereocenters. The number of halogens is 1. The van der Waals surface area contributed by atoms with Crippen LogP contribution in [0.3, 0.4) is 0 Å². The van der Waals surface area contributed by atoms with Gasteiger partial charge in [-0.25, -0.2) is 14.2 Å². The van der Waals surface area contributed by atoms with Gasteiger partial charge in [-0.15, -0.1) is 5.10 Å². The van der Waals surface area contributed by atoms with Gasteiger partial charge in [0.25, 0.3) is 0 Å². The van der Waals surface area contributed by atoms with Crippen molar-refractivity contribution in [1.29, 1.82) is 5.26 Å². The second-order valence-electron chi connectivity index (χ2n) is 7.07. The van der Waals surface area contributed by atoms with Gasteiger partial charge in [0, 0.05) is 23.5 Å². The van der Waals surface area contributed by atoms with Crippen LogP contribution >= 0.6 is 0 Å². The Labute approximate surface area is 192 Å². The Bertz CT molecular complexity index is 1420. The van der Waals surface area contributed by atoms with Gasteiger partial charge in [-0.2, -0.15) is 9.94 Å². The maximum atomic E-state index is 15.4. The number of hydrogen-bond acceptors (Lipinski definition) is 8. The van der Waals surface area contributed by atoms with Gasteiger partial charge in [-0.1, -0.05) is 0 Å². The van der Waals surface area contributed by atoms with E-state index in [9.17, 15) is 9.90 Å². The molecule has 2 aromatic heterocycles. The van der Waals surface area contributed by atoms with Gasteiger partial charge in [0.15, 0.2) is 23.1 Å². The Morgan fingerprint density at radius 3 is 2.62 bits per heavy atom. The van der Waals surface area contributed by atoms with E-state index < -0.39 is 17.5 Å². The maximum Gasteiger partial charge on any atom is 0.349 e. The molecule has 172 valence electrons. The monoisotopic (exact) mass is 462 g/mol. The molecule has 0 fully saturated rings. The molecular weight excluding hydrogens is 443 g/mol. The van der Waals surface area contributed by atoms with E-state index in [-0.39, 0.29) is 28.7 Å². The Morgan fingerprint density at radius 1 is 1.21 bits per heavy atom. The van der Waals surface area contributed by atoms with Crippen molar-refractivity contribution in [3.8, 4) is 29.1 Å². The van der Waals surface area contributed by atoms with E-state index in [0.717, 1.165) is 4.68 Å². The fourth-order valence-corrected chi connectivity index (χ4v) is 3.34. The van der Waals surface area contributed by atoms with Crippen LogP contribution < -0.4 is 20.5 Å². The highest BCUT2D eigenvalue weighted by atomic mass is 19.1. The molecule has 0 saturated heterocycles. The molecule has 11 heteroatoms. The van der Waals surface area contributed by atoms with Crippen LogP contribution in [-0.2, 0) is 0 Å². The van der Waals surface area contributed by atoms with E-state index in [4.69, 9.17) is 14.7 Å². The first-order valence-electron chi connectivity index (χ1n) is 9.97. The predicted molar refractivity (Wildman–Crippen MR) is 120 cm³/mol. The molecule has 0 saturated carbocycles. The first kappa shape index (κ1) is 22.3. The van der Waals surface area contributed by atoms with E-state index in [1.54, 1.807) is 24.3 Å². The minimum atomic E-state index is -1.02. The Kier molecular flexibility index (Phi) is 6.13. The third-order valence-corrected chi connectivity index (χ3v) is 5.01. The van der Waals surface area contributed by atoms with Gasteiger partial charge in [-0.05, 0) is 42.5 Å². The molecule has 2 heterocycles. The number of rotatable bonds is 7. The number of aromatic amines is 1. The van der Waals surface area contributed by atoms with Crippen LogP contribution in [0, 0.1) is 17.1 Å². The number of H-pyrrole nitrogens is 1. The van der Waals surface area contributed by atoms with Crippen molar-refractivity contribution >= 4 is 5.69 Å². The second-order valence-corrected chi connectivity index (χ2v) is 7.07. The van der Waals surface area contributed by atoms with E-state index >= 15 is 4.39 Å². The molecule has 2 aromatic carbocycles. The summed E-state index contributed by atoms with van der Waals surface area (Å²) in [6.45, 7) is 0. The number of pyridine rings is 1. The largest absolute Gasteiger partial charge is 0.504 e. The zero-order valence-corrected chi connectivity index (χ0v) is 18.1. The number of aromatic nitrogens is 4. The van der Waals surface area contributed by atoms with Crippen molar-refractivity contribution < 1.29 is 19.0 Å². The van der Waals surface area contributed by atoms with E-state index in [0.29, 0.717) is 17.0 Å². The number of anilines is 1. The third-order valence-electron chi connectivity index (χ3n) is 5.01. The number of nitriles is 1. The molecule has 0 aliphatic rings. The van der Waals surface area contributed by atoms with Crippen molar-refractivity contribution in [1.82, 2.24) is 19.7 Å². The second kappa shape index (κ2) is 9.33. The lowest BCUT2D eigenvalue weighted by atomic mass is 10.0. The van der Waals surface area contributed by atoms with Crippen LogP contribution in [0.4, 0.5) is 10.1 Å². The fourth-order valence-electron chi connectivity index (χ4n) is 3.34. The van der Waals surface area contributed by atoms with Crippen LogP contribution in [-0.4, -0.2) is 39.1 Å². The van der Waals surface area contributed by atoms with Gasteiger partial charge in [0.05, 0.1) is 25.9 Å². The number of methoxy groups -OCH3 is 2. The predicted octanol–water partition coefficient (Wildman–Crippen LogP) is 2.89. The molecule has 34 heavy (non-hydrogen) atoms. The summed E-state index contributed by atoms with van der Waals surface area (Å²) in [5.74, 6) is -0.738. The molecular formula is C23H19FN6O4. The van der Waals surface area contributed by atoms with Crippen LogP contribution in [0.1, 0.15) is 23.0 Å². The summed E-state index contributed by atoms with van der Waals surface area (Å²) in [7, 11) is 2.76. The maximum absolute atomic E-state index is 15.4. The molecule has 0 bridgehead atoms. The van der Waals surface area contributed by atoms with Crippen molar-refractivity contribution in [2.75, 3.05) is 19.5 Å². The van der Waals surface area contributed by atoms with Crippen LogP contribution in [0.2, 0.25) is 0 Å². The summed E-state index contributed by atoms with van der Waals surface area (Å²) >= 11 is 0. The summed E-state index contributed by atoms with van der Waals surface area (Å²) in [4.78, 5) is 19.3. The van der Waals surface area contributed by atoms with Crippen molar-refractivity contribution in [3.05, 3.63) is 88.0 Å². The highest BCUT2D eigenvalue weighted by Crippen LogP contribution is 2.34. The van der Waals surface area contributed by atoms with Gasteiger partial charge >= 0.3 is 5.69 Å². The Hall–Kier alpha value is -4.85. The zero-order valence-electron chi connectivity index (χ0n) is 18.1. The van der Waals surface area contributed by atoms with Gasteiger partial charge in [0.1, 0.15) is 11.8 Å². The summed E-state index contributed by atoms with van der Waals surface area (Å²) < 4.78 is 26.7. The molecule has 1 unspecified atom stereocenters. The first-order valence-corrected chi connectivity index (χ1v) is 9.97. The average Bonchev–Trinajstić information content (AvgIpc) is 3.24. The van der Waals surface area contributed by atoms with E-state index in [1.807, 2.05) is 6.07 Å². The number of aromatic hydroxyl groups is 1.